The lowest BCUT2D eigenvalue weighted by atomic mass is 10.1. The first-order valence-corrected chi connectivity index (χ1v) is 8.21. The van der Waals surface area contributed by atoms with Crippen LogP contribution in [-0.4, -0.2) is 27.5 Å². The number of thiophene rings is 1. The van der Waals surface area contributed by atoms with Gasteiger partial charge in [-0.3, -0.25) is 0 Å². The summed E-state index contributed by atoms with van der Waals surface area (Å²) < 4.78 is 27.8. The second-order valence-electron chi connectivity index (χ2n) is 3.70. The minimum absolute atomic E-state index is 0.0558. The molecule has 0 amide bonds. The molecule has 90 valence electrons. The predicted octanol–water partition coefficient (Wildman–Crippen LogP) is 1.54. The number of nitrogens with one attached hydrogen (secondary N) is 2. The van der Waals surface area contributed by atoms with Crippen LogP contribution in [0.15, 0.2) is 20.1 Å². The number of halogens is 1. The highest BCUT2D eigenvalue weighted by atomic mass is 79.9. The van der Waals surface area contributed by atoms with Gasteiger partial charge in [0.25, 0.3) is 10.0 Å². The van der Waals surface area contributed by atoms with Gasteiger partial charge in [-0.25, -0.2) is 13.1 Å². The molecular weight excluding hydrogens is 312 g/mol. The van der Waals surface area contributed by atoms with Crippen LogP contribution in [0.5, 0.6) is 0 Å². The molecule has 1 aromatic heterocycles. The molecule has 0 unspecified atom stereocenters. The maximum absolute atomic E-state index is 12.0. The molecule has 7 heteroatoms. The van der Waals surface area contributed by atoms with Gasteiger partial charge < -0.3 is 5.32 Å². The van der Waals surface area contributed by atoms with Crippen molar-refractivity contribution in [1.82, 2.24) is 10.0 Å². The first-order chi connectivity index (χ1) is 7.59. The van der Waals surface area contributed by atoms with Crippen LogP contribution in [0.25, 0.3) is 0 Å². The summed E-state index contributed by atoms with van der Waals surface area (Å²) in [6.45, 7) is 1.75. The molecule has 0 saturated carbocycles. The highest BCUT2D eigenvalue weighted by molar-refractivity contribution is 9.10. The van der Waals surface area contributed by atoms with Gasteiger partial charge in [0.2, 0.25) is 0 Å². The van der Waals surface area contributed by atoms with Gasteiger partial charge in [-0.15, -0.1) is 11.3 Å². The topological polar surface area (TPSA) is 58.2 Å². The second-order valence-corrected chi connectivity index (χ2v) is 7.38. The maximum atomic E-state index is 12.0. The molecule has 16 heavy (non-hydrogen) atoms. The van der Waals surface area contributed by atoms with Crippen molar-refractivity contribution < 1.29 is 8.42 Å². The summed E-state index contributed by atoms with van der Waals surface area (Å²) in [7, 11) is -3.35. The van der Waals surface area contributed by atoms with Crippen molar-refractivity contribution in [3.8, 4) is 0 Å². The van der Waals surface area contributed by atoms with Gasteiger partial charge in [0, 0.05) is 10.5 Å². The lowest BCUT2D eigenvalue weighted by Gasteiger charge is -2.23. The Hall–Kier alpha value is 0.0500. The van der Waals surface area contributed by atoms with Gasteiger partial charge in [-0.05, 0) is 53.3 Å². The van der Waals surface area contributed by atoms with E-state index in [0.717, 1.165) is 25.9 Å². The van der Waals surface area contributed by atoms with Crippen LogP contribution in [0.1, 0.15) is 12.8 Å². The van der Waals surface area contributed by atoms with Gasteiger partial charge >= 0.3 is 0 Å². The van der Waals surface area contributed by atoms with Crippen molar-refractivity contribution >= 4 is 37.3 Å². The fraction of sp³-hybridized carbons (Fsp3) is 0.556. The second kappa shape index (κ2) is 5.14. The van der Waals surface area contributed by atoms with E-state index in [-0.39, 0.29) is 6.04 Å². The lowest BCUT2D eigenvalue weighted by molar-refractivity contribution is 0.427. The Bertz CT molecular complexity index is 452. The highest BCUT2D eigenvalue weighted by Gasteiger charge is 2.24. The van der Waals surface area contributed by atoms with E-state index in [0.29, 0.717) is 8.68 Å². The van der Waals surface area contributed by atoms with E-state index in [1.165, 1.54) is 11.3 Å². The third kappa shape index (κ3) is 2.84. The summed E-state index contributed by atoms with van der Waals surface area (Å²) >= 11 is 4.48. The molecule has 0 aromatic carbocycles. The van der Waals surface area contributed by atoms with Crippen molar-refractivity contribution in [2.45, 2.75) is 23.1 Å². The minimum Gasteiger partial charge on any atom is -0.317 e. The monoisotopic (exact) mass is 324 g/mol. The fourth-order valence-electron chi connectivity index (χ4n) is 1.68. The molecule has 2 heterocycles. The summed E-state index contributed by atoms with van der Waals surface area (Å²) in [5.41, 5.74) is 0. The van der Waals surface area contributed by atoms with Crippen LogP contribution in [0.4, 0.5) is 0 Å². The molecule has 1 fully saturated rings. The minimum atomic E-state index is -3.35. The van der Waals surface area contributed by atoms with E-state index in [2.05, 4.69) is 26.0 Å². The molecule has 0 atom stereocenters. The van der Waals surface area contributed by atoms with Crippen LogP contribution in [0, 0.1) is 0 Å². The number of rotatable bonds is 3. The Morgan fingerprint density at radius 2 is 2.12 bits per heavy atom. The average molecular weight is 325 g/mol. The van der Waals surface area contributed by atoms with E-state index < -0.39 is 10.0 Å². The van der Waals surface area contributed by atoms with Crippen molar-refractivity contribution in [2.75, 3.05) is 13.1 Å². The molecule has 2 rings (SSSR count). The fourth-order valence-corrected chi connectivity index (χ4v) is 5.34. The summed E-state index contributed by atoms with van der Waals surface area (Å²) in [6, 6.07) is 1.81. The zero-order valence-corrected chi connectivity index (χ0v) is 11.8. The van der Waals surface area contributed by atoms with Crippen molar-refractivity contribution in [3.63, 3.8) is 0 Å². The number of piperidine rings is 1. The third-order valence-electron chi connectivity index (χ3n) is 2.49. The standard InChI is InChI=1S/C9H13BrN2O2S2/c10-8-3-6-15-9(8)16(13,14)12-7-1-4-11-5-2-7/h3,6-7,11-12H,1-2,4-5H2. The molecule has 1 aliphatic rings. The predicted molar refractivity (Wildman–Crippen MR) is 68.2 cm³/mol. The van der Waals surface area contributed by atoms with Crippen molar-refractivity contribution in [1.29, 1.82) is 0 Å². The van der Waals surface area contributed by atoms with Gasteiger partial charge in [0.1, 0.15) is 4.21 Å². The quantitative estimate of drug-likeness (QED) is 0.886. The molecular formula is C9H13BrN2O2S2. The first-order valence-electron chi connectivity index (χ1n) is 5.05. The summed E-state index contributed by atoms with van der Waals surface area (Å²) in [5.74, 6) is 0. The maximum Gasteiger partial charge on any atom is 0.251 e. The van der Waals surface area contributed by atoms with Crippen molar-refractivity contribution in [3.05, 3.63) is 15.9 Å². The zero-order chi connectivity index (χ0) is 11.6. The zero-order valence-electron chi connectivity index (χ0n) is 8.57. The molecule has 1 aliphatic heterocycles. The van der Waals surface area contributed by atoms with Crippen LogP contribution >= 0.6 is 27.3 Å². The molecule has 4 nitrogen and oxygen atoms in total. The van der Waals surface area contributed by atoms with E-state index >= 15 is 0 Å². The normalized spacial score (nSPS) is 18.8. The summed E-state index contributed by atoms with van der Waals surface area (Å²) in [4.78, 5) is 0. The molecule has 2 N–H and O–H groups in total. The van der Waals surface area contributed by atoms with Crippen LogP contribution in [-0.2, 0) is 10.0 Å². The van der Waals surface area contributed by atoms with E-state index in [4.69, 9.17) is 0 Å². The Labute approximate surface area is 108 Å². The highest BCUT2D eigenvalue weighted by Crippen LogP contribution is 2.27. The smallest absolute Gasteiger partial charge is 0.251 e. The van der Waals surface area contributed by atoms with Crippen molar-refractivity contribution in [2.24, 2.45) is 0 Å². The molecule has 1 saturated heterocycles. The van der Waals surface area contributed by atoms with E-state index in [9.17, 15) is 8.42 Å². The first kappa shape index (κ1) is 12.5. The van der Waals surface area contributed by atoms with Gasteiger partial charge in [-0.1, -0.05) is 0 Å². The Balaban J connectivity index is 2.11. The Morgan fingerprint density at radius 1 is 1.44 bits per heavy atom. The van der Waals surface area contributed by atoms with Crippen LogP contribution in [0.2, 0.25) is 0 Å². The third-order valence-corrected chi connectivity index (χ3v) is 6.68. The number of hydrogen-bond acceptors (Lipinski definition) is 4. The van der Waals surface area contributed by atoms with Crippen LogP contribution in [0.3, 0.4) is 0 Å². The average Bonchev–Trinajstić information content (AvgIpc) is 2.66. The lowest BCUT2D eigenvalue weighted by Crippen LogP contribution is -2.42. The Morgan fingerprint density at radius 3 is 2.69 bits per heavy atom. The molecule has 0 radical (unpaired) electrons. The Kier molecular flexibility index (Phi) is 4.01. The number of sulfonamides is 1. The largest absolute Gasteiger partial charge is 0.317 e. The van der Waals surface area contributed by atoms with E-state index in [1.807, 2.05) is 0 Å². The van der Waals surface area contributed by atoms with E-state index in [1.54, 1.807) is 11.4 Å². The molecule has 0 spiro atoms. The molecule has 0 aliphatic carbocycles. The van der Waals surface area contributed by atoms with Gasteiger partial charge in [-0.2, -0.15) is 0 Å². The summed E-state index contributed by atoms with van der Waals surface area (Å²) in [6.07, 6.45) is 1.70. The van der Waals surface area contributed by atoms with Gasteiger partial charge in [0.15, 0.2) is 0 Å². The SMILES string of the molecule is O=S(=O)(NC1CCNCC1)c1sccc1Br. The summed E-state index contributed by atoms with van der Waals surface area (Å²) in [5, 5.41) is 4.97. The number of hydrogen-bond donors (Lipinski definition) is 2. The van der Waals surface area contributed by atoms with Gasteiger partial charge in [0.05, 0.1) is 0 Å². The molecule has 0 bridgehead atoms. The van der Waals surface area contributed by atoms with Crippen LogP contribution < -0.4 is 10.0 Å². The molecule has 1 aromatic rings.